The predicted molar refractivity (Wildman–Crippen MR) is 72.3 cm³/mol. The number of pyridine rings is 1. The average molecular weight is 336 g/mol. The fourth-order valence-electron chi connectivity index (χ4n) is 1.68. The van der Waals surface area contributed by atoms with Gasteiger partial charge in [-0.2, -0.15) is 4.98 Å². The van der Waals surface area contributed by atoms with E-state index in [9.17, 15) is 9.50 Å². The molecule has 1 N–H and O–H groups in total. The SMILES string of the molecule is Oc1cnccc1-c1nc(-c2ccc(F)cc2Br)no1. The van der Waals surface area contributed by atoms with Gasteiger partial charge in [-0.3, -0.25) is 4.98 Å². The van der Waals surface area contributed by atoms with Crippen LogP contribution < -0.4 is 0 Å². The highest BCUT2D eigenvalue weighted by Gasteiger charge is 2.15. The van der Waals surface area contributed by atoms with Crippen LogP contribution in [0.15, 0.2) is 45.7 Å². The lowest BCUT2D eigenvalue weighted by Gasteiger charge is -1.98. The molecule has 0 bridgehead atoms. The van der Waals surface area contributed by atoms with Gasteiger partial charge in [-0.25, -0.2) is 4.39 Å². The van der Waals surface area contributed by atoms with Crippen molar-refractivity contribution in [2.75, 3.05) is 0 Å². The summed E-state index contributed by atoms with van der Waals surface area (Å²) in [6, 6.07) is 5.72. The van der Waals surface area contributed by atoms with Crippen molar-refractivity contribution < 1.29 is 14.0 Å². The minimum atomic E-state index is -0.365. The van der Waals surface area contributed by atoms with Crippen LogP contribution in [0.4, 0.5) is 4.39 Å². The molecule has 1 aromatic carbocycles. The van der Waals surface area contributed by atoms with Crippen LogP contribution in [-0.4, -0.2) is 20.2 Å². The Morgan fingerprint density at radius 2 is 2.05 bits per heavy atom. The van der Waals surface area contributed by atoms with Gasteiger partial charge in [-0.1, -0.05) is 5.16 Å². The van der Waals surface area contributed by atoms with Gasteiger partial charge in [-0.15, -0.1) is 0 Å². The summed E-state index contributed by atoms with van der Waals surface area (Å²) in [5, 5.41) is 13.5. The Morgan fingerprint density at radius 3 is 2.80 bits per heavy atom. The Morgan fingerprint density at radius 1 is 1.20 bits per heavy atom. The van der Waals surface area contributed by atoms with Crippen molar-refractivity contribution in [3.8, 4) is 28.6 Å². The van der Waals surface area contributed by atoms with Crippen LogP contribution in [0.2, 0.25) is 0 Å². The van der Waals surface area contributed by atoms with Crippen molar-refractivity contribution in [1.82, 2.24) is 15.1 Å². The van der Waals surface area contributed by atoms with Crippen LogP contribution in [0.25, 0.3) is 22.8 Å². The van der Waals surface area contributed by atoms with Gasteiger partial charge in [0.25, 0.3) is 5.89 Å². The van der Waals surface area contributed by atoms with Gasteiger partial charge < -0.3 is 9.63 Å². The number of aromatic nitrogens is 3. The lowest BCUT2D eigenvalue weighted by Crippen LogP contribution is -1.85. The van der Waals surface area contributed by atoms with E-state index in [0.717, 1.165) is 0 Å². The van der Waals surface area contributed by atoms with Crippen LogP contribution in [0, 0.1) is 5.82 Å². The zero-order chi connectivity index (χ0) is 14.1. The van der Waals surface area contributed by atoms with Crippen molar-refractivity contribution >= 4 is 15.9 Å². The number of aromatic hydroxyl groups is 1. The Labute approximate surface area is 121 Å². The molecular weight excluding hydrogens is 329 g/mol. The van der Waals surface area contributed by atoms with Gasteiger partial charge in [0.05, 0.1) is 11.8 Å². The van der Waals surface area contributed by atoms with E-state index >= 15 is 0 Å². The molecule has 20 heavy (non-hydrogen) atoms. The maximum Gasteiger partial charge on any atom is 0.262 e. The third-order valence-corrected chi connectivity index (χ3v) is 3.28. The summed E-state index contributed by atoms with van der Waals surface area (Å²) in [5.41, 5.74) is 0.979. The Hall–Kier alpha value is -2.28. The molecule has 5 nitrogen and oxygen atoms in total. The lowest BCUT2D eigenvalue weighted by atomic mass is 10.2. The molecule has 0 radical (unpaired) electrons. The summed E-state index contributed by atoms with van der Waals surface area (Å²) in [7, 11) is 0. The molecule has 3 rings (SSSR count). The fraction of sp³-hybridized carbons (Fsp3) is 0. The largest absolute Gasteiger partial charge is 0.505 e. The molecule has 7 heteroatoms. The molecule has 0 aliphatic carbocycles. The van der Waals surface area contributed by atoms with Gasteiger partial charge in [0.1, 0.15) is 11.6 Å². The summed E-state index contributed by atoms with van der Waals surface area (Å²) >= 11 is 3.24. The molecular formula is C13H7BrFN3O2. The summed E-state index contributed by atoms with van der Waals surface area (Å²) in [6.45, 7) is 0. The Bertz CT molecular complexity index is 776. The standard InChI is InChI=1S/C13H7BrFN3O2/c14-10-5-7(15)1-2-8(10)12-17-13(20-18-12)9-3-4-16-6-11(9)19/h1-6,19H. The molecule has 2 aromatic heterocycles. The minimum absolute atomic E-state index is 0.0547. The molecule has 0 fully saturated rings. The highest BCUT2D eigenvalue weighted by atomic mass is 79.9. The van der Waals surface area contributed by atoms with Gasteiger partial charge in [0, 0.05) is 16.2 Å². The normalized spacial score (nSPS) is 10.7. The van der Waals surface area contributed by atoms with Crippen LogP contribution >= 0.6 is 15.9 Å². The molecule has 0 aliphatic heterocycles. The monoisotopic (exact) mass is 335 g/mol. The second kappa shape index (κ2) is 5.01. The third-order valence-electron chi connectivity index (χ3n) is 2.63. The first kappa shape index (κ1) is 12.7. The number of benzene rings is 1. The second-order valence-corrected chi connectivity index (χ2v) is 4.79. The first-order chi connectivity index (χ1) is 9.65. The quantitative estimate of drug-likeness (QED) is 0.776. The molecule has 0 atom stereocenters. The van der Waals surface area contributed by atoms with E-state index < -0.39 is 0 Å². The molecule has 0 aliphatic rings. The Kier molecular flexibility index (Phi) is 3.19. The molecule has 0 saturated heterocycles. The number of halogens is 2. The summed E-state index contributed by atoms with van der Waals surface area (Å²) in [4.78, 5) is 7.95. The van der Waals surface area contributed by atoms with Crippen LogP contribution in [0.3, 0.4) is 0 Å². The van der Waals surface area contributed by atoms with Crippen molar-refractivity contribution in [2.45, 2.75) is 0 Å². The zero-order valence-corrected chi connectivity index (χ0v) is 11.5. The van der Waals surface area contributed by atoms with E-state index in [-0.39, 0.29) is 17.5 Å². The fourth-order valence-corrected chi connectivity index (χ4v) is 2.21. The molecule has 0 unspecified atom stereocenters. The highest BCUT2D eigenvalue weighted by molar-refractivity contribution is 9.10. The minimum Gasteiger partial charge on any atom is -0.505 e. The van der Waals surface area contributed by atoms with Gasteiger partial charge in [0.15, 0.2) is 0 Å². The predicted octanol–water partition coefficient (Wildman–Crippen LogP) is 3.41. The van der Waals surface area contributed by atoms with E-state index in [1.807, 2.05) is 0 Å². The van der Waals surface area contributed by atoms with E-state index in [2.05, 4.69) is 31.1 Å². The van der Waals surface area contributed by atoms with E-state index in [1.54, 1.807) is 12.1 Å². The van der Waals surface area contributed by atoms with Crippen molar-refractivity contribution in [3.05, 3.63) is 46.9 Å². The summed E-state index contributed by atoms with van der Waals surface area (Å²) in [5.74, 6) is 0.0382. The molecule has 0 saturated carbocycles. The molecule has 100 valence electrons. The summed E-state index contributed by atoms with van der Waals surface area (Å²) < 4.78 is 18.7. The smallest absolute Gasteiger partial charge is 0.262 e. The summed E-state index contributed by atoms with van der Waals surface area (Å²) in [6.07, 6.45) is 2.79. The van der Waals surface area contributed by atoms with Crippen molar-refractivity contribution in [1.29, 1.82) is 0 Å². The highest BCUT2D eigenvalue weighted by Crippen LogP contribution is 2.31. The number of rotatable bonds is 2. The first-order valence-corrected chi connectivity index (χ1v) is 6.37. The maximum atomic E-state index is 13.1. The van der Waals surface area contributed by atoms with Crippen LogP contribution in [-0.2, 0) is 0 Å². The molecule has 0 spiro atoms. The number of hydrogen-bond donors (Lipinski definition) is 1. The maximum absolute atomic E-state index is 13.1. The topological polar surface area (TPSA) is 72.0 Å². The second-order valence-electron chi connectivity index (χ2n) is 3.94. The van der Waals surface area contributed by atoms with Gasteiger partial charge in [0.2, 0.25) is 5.82 Å². The van der Waals surface area contributed by atoms with Crippen molar-refractivity contribution in [3.63, 3.8) is 0 Å². The van der Waals surface area contributed by atoms with E-state index in [4.69, 9.17) is 4.52 Å². The average Bonchev–Trinajstić information content (AvgIpc) is 2.88. The van der Waals surface area contributed by atoms with Crippen molar-refractivity contribution in [2.24, 2.45) is 0 Å². The number of nitrogens with zero attached hydrogens (tertiary/aromatic N) is 3. The zero-order valence-electron chi connectivity index (χ0n) is 9.92. The third kappa shape index (κ3) is 2.27. The molecule has 0 amide bonds. The molecule has 3 aromatic rings. The van der Waals surface area contributed by atoms with E-state index in [0.29, 0.717) is 21.4 Å². The van der Waals surface area contributed by atoms with E-state index in [1.165, 1.54) is 24.5 Å². The number of hydrogen-bond acceptors (Lipinski definition) is 5. The molecule has 2 heterocycles. The van der Waals surface area contributed by atoms with Gasteiger partial charge >= 0.3 is 0 Å². The first-order valence-electron chi connectivity index (χ1n) is 5.57. The van der Waals surface area contributed by atoms with Crippen LogP contribution in [0.1, 0.15) is 0 Å². The van der Waals surface area contributed by atoms with Gasteiger partial charge in [-0.05, 0) is 40.2 Å². The lowest BCUT2D eigenvalue weighted by molar-refractivity contribution is 0.425. The Balaban J connectivity index is 2.04. The van der Waals surface area contributed by atoms with Crippen LogP contribution in [0.5, 0.6) is 5.75 Å².